The van der Waals surface area contributed by atoms with Gasteiger partial charge in [-0.1, -0.05) is 36.4 Å². The van der Waals surface area contributed by atoms with Crippen LogP contribution < -0.4 is 10.6 Å². The smallest absolute Gasteiger partial charge is 0.251 e. The molecule has 2 N–H and O–H groups in total. The fourth-order valence-corrected chi connectivity index (χ4v) is 6.40. The van der Waals surface area contributed by atoms with Crippen molar-refractivity contribution in [3.63, 3.8) is 0 Å². The molecule has 1 amide bonds. The third-order valence-electron chi connectivity index (χ3n) is 7.68. The van der Waals surface area contributed by atoms with Crippen LogP contribution in [0.4, 0.5) is 5.69 Å². The summed E-state index contributed by atoms with van der Waals surface area (Å²) >= 11 is 0. The van der Waals surface area contributed by atoms with Gasteiger partial charge in [-0.15, -0.1) is 0 Å². The summed E-state index contributed by atoms with van der Waals surface area (Å²) < 4.78 is 0. The topological polar surface area (TPSA) is 54.0 Å². The van der Waals surface area contributed by atoms with Crippen molar-refractivity contribution in [3.8, 4) is 0 Å². The summed E-state index contributed by atoms with van der Waals surface area (Å²) in [6.45, 7) is 0.495. The summed E-state index contributed by atoms with van der Waals surface area (Å²) in [6.07, 6.45) is 7.54. The third kappa shape index (κ3) is 3.21. The molecular formula is C27H27N3O. The predicted molar refractivity (Wildman–Crippen MR) is 122 cm³/mol. The van der Waals surface area contributed by atoms with E-state index in [0.717, 1.165) is 23.0 Å². The van der Waals surface area contributed by atoms with E-state index in [-0.39, 0.29) is 5.91 Å². The van der Waals surface area contributed by atoms with Crippen LogP contribution in [-0.4, -0.2) is 10.9 Å². The first kappa shape index (κ1) is 18.6. The van der Waals surface area contributed by atoms with Gasteiger partial charge in [0.25, 0.3) is 5.91 Å². The molecule has 0 unspecified atom stereocenters. The molecule has 2 aliphatic carbocycles. The van der Waals surface area contributed by atoms with Gasteiger partial charge in [0.2, 0.25) is 0 Å². The zero-order chi connectivity index (χ0) is 20.8. The van der Waals surface area contributed by atoms with E-state index in [4.69, 9.17) is 0 Å². The summed E-state index contributed by atoms with van der Waals surface area (Å²) in [6, 6.07) is 21.4. The minimum Gasteiger partial charge on any atom is -0.378 e. The van der Waals surface area contributed by atoms with Crippen molar-refractivity contribution in [1.29, 1.82) is 0 Å². The number of hydrogen-bond donors (Lipinski definition) is 2. The second-order valence-corrected chi connectivity index (χ2v) is 9.32. The van der Waals surface area contributed by atoms with E-state index in [9.17, 15) is 4.79 Å². The zero-order valence-corrected chi connectivity index (χ0v) is 17.5. The molecule has 2 bridgehead atoms. The van der Waals surface area contributed by atoms with E-state index in [2.05, 4.69) is 58.1 Å². The van der Waals surface area contributed by atoms with Crippen LogP contribution in [0, 0.1) is 17.8 Å². The second-order valence-electron chi connectivity index (χ2n) is 9.32. The molecule has 3 aliphatic rings. The number of amides is 1. The number of anilines is 1. The summed E-state index contributed by atoms with van der Waals surface area (Å²) in [7, 11) is 0. The molecule has 2 fully saturated rings. The lowest BCUT2D eigenvalue weighted by atomic mass is 9.68. The maximum atomic E-state index is 12.9. The highest BCUT2D eigenvalue weighted by atomic mass is 16.1. The number of benzene rings is 2. The van der Waals surface area contributed by atoms with Gasteiger partial charge in [0.15, 0.2) is 0 Å². The van der Waals surface area contributed by atoms with E-state index in [0.29, 0.717) is 24.4 Å². The maximum absolute atomic E-state index is 12.9. The standard InChI is InChI=1S/C27H27N3O/c31-27(29-16-17-5-4-12-28-15-17)21-10-11-23-22(14-21)24-19-8-9-20(13-19)25(24)26(30-23)18-6-2-1-3-7-18/h1-7,10-12,14-15,19-20,24-26,30H,8-9,13,16H2,(H,29,31)/t19-,20-,24-,25+,26+/m0/s1. The van der Waals surface area contributed by atoms with Crippen LogP contribution in [0.1, 0.15) is 58.3 Å². The normalized spacial score (nSPS) is 27.8. The highest BCUT2D eigenvalue weighted by Crippen LogP contribution is 2.63. The molecule has 0 radical (unpaired) electrons. The zero-order valence-electron chi connectivity index (χ0n) is 17.5. The lowest BCUT2D eigenvalue weighted by Crippen LogP contribution is -2.35. The van der Waals surface area contributed by atoms with Crippen molar-refractivity contribution in [1.82, 2.24) is 10.3 Å². The third-order valence-corrected chi connectivity index (χ3v) is 7.68. The number of carbonyl (C=O) groups excluding carboxylic acids is 1. The summed E-state index contributed by atoms with van der Waals surface area (Å²) in [5.74, 6) is 2.67. The van der Waals surface area contributed by atoms with Gasteiger partial charge in [-0.05, 0) is 83.9 Å². The van der Waals surface area contributed by atoms with Gasteiger partial charge in [0.1, 0.15) is 0 Å². The Hall–Kier alpha value is -3.14. The Morgan fingerprint density at radius 3 is 2.74 bits per heavy atom. The Morgan fingerprint density at radius 2 is 1.90 bits per heavy atom. The molecule has 3 aromatic rings. The Balaban J connectivity index is 1.30. The highest BCUT2D eigenvalue weighted by Gasteiger charge is 2.53. The molecule has 2 heterocycles. The van der Waals surface area contributed by atoms with Crippen molar-refractivity contribution in [2.75, 3.05) is 5.32 Å². The Labute approximate surface area is 183 Å². The summed E-state index contributed by atoms with van der Waals surface area (Å²) in [5.41, 5.74) is 5.69. The van der Waals surface area contributed by atoms with Crippen LogP contribution in [0.2, 0.25) is 0 Å². The van der Waals surface area contributed by atoms with E-state index >= 15 is 0 Å². The molecule has 5 atom stereocenters. The maximum Gasteiger partial charge on any atom is 0.251 e. The van der Waals surface area contributed by atoms with E-state index < -0.39 is 0 Å². The van der Waals surface area contributed by atoms with Crippen molar-refractivity contribution in [2.45, 2.75) is 37.8 Å². The molecule has 4 nitrogen and oxygen atoms in total. The lowest BCUT2D eigenvalue weighted by molar-refractivity contribution is 0.0950. The van der Waals surface area contributed by atoms with Gasteiger partial charge in [-0.3, -0.25) is 9.78 Å². The molecule has 156 valence electrons. The second kappa shape index (κ2) is 7.52. The molecule has 1 aromatic heterocycles. The van der Waals surface area contributed by atoms with Crippen molar-refractivity contribution >= 4 is 11.6 Å². The van der Waals surface area contributed by atoms with Crippen LogP contribution in [0.15, 0.2) is 73.1 Å². The largest absolute Gasteiger partial charge is 0.378 e. The Bertz CT molecular complexity index is 1100. The minimum absolute atomic E-state index is 0.0171. The molecule has 4 heteroatoms. The summed E-state index contributed by atoms with van der Waals surface area (Å²) in [4.78, 5) is 17.0. The number of hydrogen-bond acceptors (Lipinski definition) is 3. The van der Waals surface area contributed by atoms with Gasteiger partial charge in [0, 0.05) is 30.2 Å². The predicted octanol–water partition coefficient (Wildman–Crippen LogP) is 5.31. The number of fused-ring (bicyclic) bond motifs is 7. The van der Waals surface area contributed by atoms with E-state index in [1.54, 1.807) is 12.4 Å². The van der Waals surface area contributed by atoms with Gasteiger partial charge in [-0.2, -0.15) is 0 Å². The Morgan fingerprint density at radius 1 is 1.03 bits per heavy atom. The number of nitrogens with one attached hydrogen (secondary N) is 2. The highest BCUT2D eigenvalue weighted by molar-refractivity contribution is 5.95. The fourth-order valence-electron chi connectivity index (χ4n) is 6.40. The van der Waals surface area contributed by atoms with Gasteiger partial charge < -0.3 is 10.6 Å². The number of pyridine rings is 1. The number of nitrogens with zero attached hydrogens (tertiary/aromatic N) is 1. The first-order chi connectivity index (χ1) is 15.3. The molecule has 2 saturated carbocycles. The van der Waals surface area contributed by atoms with Crippen molar-refractivity contribution in [3.05, 3.63) is 95.3 Å². The Kier molecular flexibility index (Phi) is 4.52. The molecule has 0 saturated heterocycles. The fraction of sp³-hybridized carbons (Fsp3) is 0.333. The number of rotatable bonds is 4. The van der Waals surface area contributed by atoms with E-state index in [1.165, 1.54) is 36.1 Å². The van der Waals surface area contributed by atoms with Crippen LogP contribution in [0.25, 0.3) is 0 Å². The summed E-state index contributed by atoms with van der Waals surface area (Å²) in [5, 5.41) is 6.90. The molecular weight excluding hydrogens is 382 g/mol. The van der Waals surface area contributed by atoms with Gasteiger partial charge in [-0.25, -0.2) is 0 Å². The van der Waals surface area contributed by atoms with Crippen molar-refractivity contribution < 1.29 is 4.79 Å². The van der Waals surface area contributed by atoms with Crippen molar-refractivity contribution in [2.24, 2.45) is 17.8 Å². The van der Waals surface area contributed by atoms with Crippen LogP contribution in [0.5, 0.6) is 0 Å². The quantitative estimate of drug-likeness (QED) is 0.614. The average Bonchev–Trinajstić information content (AvgIpc) is 3.46. The molecule has 1 aliphatic heterocycles. The minimum atomic E-state index is -0.0171. The molecule has 0 spiro atoms. The number of carbonyl (C=O) groups is 1. The molecule has 2 aromatic carbocycles. The monoisotopic (exact) mass is 409 g/mol. The van der Waals surface area contributed by atoms with Crippen LogP contribution >= 0.6 is 0 Å². The van der Waals surface area contributed by atoms with Crippen LogP contribution in [-0.2, 0) is 6.54 Å². The first-order valence-electron chi connectivity index (χ1n) is 11.4. The van der Waals surface area contributed by atoms with E-state index in [1.807, 2.05) is 18.2 Å². The lowest BCUT2D eigenvalue weighted by Gasteiger charge is -2.43. The average molecular weight is 410 g/mol. The molecule has 31 heavy (non-hydrogen) atoms. The number of aromatic nitrogens is 1. The first-order valence-corrected chi connectivity index (χ1v) is 11.4. The molecule has 6 rings (SSSR count). The SMILES string of the molecule is O=C(NCc1cccnc1)c1ccc2c(c1)[C@@H]1[C@H]3CC[C@@H](C3)[C@H]1[C@@H](c1ccccc1)N2. The van der Waals surface area contributed by atoms with Gasteiger partial charge >= 0.3 is 0 Å². The van der Waals surface area contributed by atoms with Gasteiger partial charge in [0.05, 0.1) is 6.04 Å². The van der Waals surface area contributed by atoms with Crippen LogP contribution in [0.3, 0.4) is 0 Å².